The van der Waals surface area contributed by atoms with E-state index in [0.29, 0.717) is 5.13 Å². The van der Waals surface area contributed by atoms with Crippen LogP contribution in [0.4, 0.5) is 5.13 Å². The van der Waals surface area contributed by atoms with Gasteiger partial charge >= 0.3 is 0 Å². The van der Waals surface area contributed by atoms with Gasteiger partial charge in [0.2, 0.25) is 11.8 Å². The Balaban J connectivity index is 1.59. The van der Waals surface area contributed by atoms with Crippen molar-refractivity contribution in [3.05, 3.63) is 48.3 Å². The van der Waals surface area contributed by atoms with Crippen LogP contribution in [0.1, 0.15) is 18.0 Å². The highest BCUT2D eigenvalue weighted by atomic mass is 32.1. The van der Waals surface area contributed by atoms with E-state index in [9.17, 15) is 9.59 Å². The fourth-order valence-electron chi connectivity index (χ4n) is 3.40. The first-order chi connectivity index (χ1) is 13.1. The number of nitrogens with one attached hydrogen (secondary N) is 1. The zero-order valence-electron chi connectivity index (χ0n) is 14.9. The van der Waals surface area contributed by atoms with Gasteiger partial charge < -0.3 is 15.0 Å². The summed E-state index contributed by atoms with van der Waals surface area (Å²) in [7, 11) is 3.33. The molecule has 0 radical (unpaired) electrons. The van der Waals surface area contributed by atoms with E-state index in [-0.39, 0.29) is 24.3 Å². The minimum absolute atomic E-state index is 0.0574. The van der Waals surface area contributed by atoms with E-state index >= 15 is 0 Å². The van der Waals surface area contributed by atoms with Gasteiger partial charge in [-0.1, -0.05) is 17.4 Å². The molecule has 0 saturated carbocycles. The molecule has 3 heterocycles. The van der Waals surface area contributed by atoms with Crippen LogP contribution in [-0.4, -0.2) is 40.8 Å². The molecule has 0 spiro atoms. The number of methoxy groups -OCH3 is 1. The van der Waals surface area contributed by atoms with Gasteiger partial charge in [-0.05, 0) is 29.8 Å². The van der Waals surface area contributed by atoms with Crippen molar-refractivity contribution in [3.8, 4) is 5.75 Å². The quantitative estimate of drug-likeness (QED) is 0.750. The number of benzene rings is 1. The van der Waals surface area contributed by atoms with Gasteiger partial charge in [-0.15, -0.1) is 0 Å². The third-order valence-electron chi connectivity index (χ3n) is 4.77. The van der Waals surface area contributed by atoms with Crippen molar-refractivity contribution in [2.24, 2.45) is 5.92 Å². The normalized spacial score (nSPS) is 19.5. The molecule has 8 heteroatoms. The van der Waals surface area contributed by atoms with Gasteiger partial charge in [-0.25, -0.2) is 4.98 Å². The van der Waals surface area contributed by atoms with Crippen molar-refractivity contribution in [1.82, 2.24) is 14.9 Å². The predicted octanol–water partition coefficient (Wildman–Crippen LogP) is 2.86. The van der Waals surface area contributed by atoms with Crippen LogP contribution in [0.25, 0.3) is 10.2 Å². The second kappa shape index (κ2) is 6.96. The molecule has 138 valence electrons. The Morgan fingerprint density at radius 3 is 2.96 bits per heavy atom. The van der Waals surface area contributed by atoms with Crippen LogP contribution in [0.5, 0.6) is 5.75 Å². The number of thiazole rings is 1. The minimum Gasteiger partial charge on any atom is -0.497 e. The SMILES string of the molecule is COc1ccc2nc(NC(=O)C3CC(=O)N(C)C3c3cccnc3)sc2c1. The number of fused-ring (bicyclic) bond motifs is 1. The van der Waals surface area contributed by atoms with Crippen molar-refractivity contribution in [2.75, 3.05) is 19.5 Å². The fourth-order valence-corrected chi connectivity index (χ4v) is 4.29. The Kier molecular flexibility index (Phi) is 4.49. The highest BCUT2D eigenvalue weighted by molar-refractivity contribution is 7.22. The van der Waals surface area contributed by atoms with E-state index in [2.05, 4.69) is 15.3 Å². The van der Waals surface area contributed by atoms with Crippen LogP contribution in [0.3, 0.4) is 0 Å². The average Bonchev–Trinajstić information content (AvgIpc) is 3.22. The molecule has 1 aliphatic rings. The maximum absolute atomic E-state index is 12.9. The number of aromatic nitrogens is 2. The second-order valence-electron chi connectivity index (χ2n) is 6.39. The van der Waals surface area contributed by atoms with Crippen LogP contribution in [0, 0.1) is 5.92 Å². The van der Waals surface area contributed by atoms with Crippen molar-refractivity contribution in [2.45, 2.75) is 12.5 Å². The average molecular weight is 382 g/mol. The van der Waals surface area contributed by atoms with Crippen LogP contribution in [-0.2, 0) is 9.59 Å². The fraction of sp³-hybridized carbons (Fsp3) is 0.263. The zero-order chi connectivity index (χ0) is 19.0. The molecule has 7 nitrogen and oxygen atoms in total. The summed E-state index contributed by atoms with van der Waals surface area (Å²) in [6, 6.07) is 8.93. The summed E-state index contributed by atoms with van der Waals surface area (Å²) in [6.07, 6.45) is 3.54. The summed E-state index contributed by atoms with van der Waals surface area (Å²) in [5.41, 5.74) is 1.64. The Morgan fingerprint density at radius 1 is 1.37 bits per heavy atom. The van der Waals surface area contributed by atoms with E-state index in [1.807, 2.05) is 30.3 Å². The molecule has 2 amide bonds. The van der Waals surface area contributed by atoms with Crippen molar-refractivity contribution in [3.63, 3.8) is 0 Å². The van der Waals surface area contributed by atoms with Gasteiger partial charge in [0, 0.05) is 25.9 Å². The monoisotopic (exact) mass is 382 g/mol. The lowest BCUT2D eigenvalue weighted by Crippen LogP contribution is -2.30. The van der Waals surface area contributed by atoms with Gasteiger partial charge in [0.05, 0.1) is 29.3 Å². The second-order valence-corrected chi connectivity index (χ2v) is 7.42. The van der Waals surface area contributed by atoms with E-state index in [4.69, 9.17) is 4.74 Å². The van der Waals surface area contributed by atoms with Gasteiger partial charge in [0.25, 0.3) is 0 Å². The van der Waals surface area contributed by atoms with Crippen molar-refractivity contribution >= 4 is 38.5 Å². The Labute approximate surface area is 160 Å². The molecule has 1 aliphatic heterocycles. The lowest BCUT2D eigenvalue weighted by molar-refractivity contribution is -0.127. The van der Waals surface area contributed by atoms with Crippen molar-refractivity contribution in [1.29, 1.82) is 0 Å². The topological polar surface area (TPSA) is 84.4 Å². The number of hydrogen-bond acceptors (Lipinski definition) is 6. The number of nitrogens with zero attached hydrogens (tertiary/aromatic N) is 3. The molecule has 1 saturated heterocycles. The molecule has 2 atom stereocenters. The number of ether oxygens (including phenoxy) is 1. The number of amides is 2. The van der Waals surface area contributed by atoms with Crippen LogP contribution in [0.2, 0.25) is 0 Å². The highest BCUT2D eigenvalue weighted by Crippen LogP contribution is 2.38. The molecule has 3 aromatic rings. The van der Waals surface area contributed by atoms with Gasteiger partial charge in [-0.2, -0.15) is 0 Å². The first-order valence-electron chi connectivity index (χ1n) is 8.48. The highest BCUT2D eigenvalue weighted by Gasteiger charge is 2.43. The van der Waals surface area contributed by atoms with Gasteiger partial charge in [0.15, 0.2) is 5.13 Å². The lowest BCUT2D eigenvalue weighted by atomic mass is 9.94. The summed E-state index contributed by atoms with van der Waals surface area (Å²) < 4.78 is 6.15. The number of likely N-dealkylation sites (tertiary alicyclic amines) is 1. The predicted molar refractivity (Wildman–Crippen MR) is 103 cm³/mol. The Bertz CT molecular complexity index is 1000. The molecule has 0 bridgehead atoms. The summed E-state index contributed by atoms with van der Waals surface area (Å²) in [4.78, 5) is 35.3. The number of pyridine rings is 1. The molecule has 4 rings (SSSR count). The Morgan fingerprint density at radius 2 is 2.22 bits per heavy atom. The molecule has 2 aromatic heterocycles. The van der Waals surface area contributed by atoms with E-state index in [1.54, 1.807) is 31.5 Å². The van der Waals surface area contributed by atoms with Crippen molar-refractivity contribution < 1.29 is 14.3 Å². The first kappa shape index (κ1) is 17.4. The maximum Gasteiger partial charge on any atom is 0.232 e. The molecule has 2 unspecified atom stereocenters. The minimum atomic E-state index is -0.492. The number of carbonyl (C=O) groups is 2. The number of carbonyl (C=O) groups excluding carboxylic acids is 2. The van der Waals surface area contributed by atoms with Gasteiger partial charge in [-0.3, -0.25) is 14.6 Å². The number of anilines is 1. The smallest absolute Gasteiger partial charge is 0.232 e. The summed E-state index contributed by atoms with van der Waals surface area (Å²) >= 11 is 1.38. The zero-order valence-corrected chi connectivity index (χ0v) is 15.7. The molecular formula is C19H18N4O3S. The van der Waals surface area contributed by atoms with Crippen LogP contribution >= 0.6 is 11.3 Å². The lowest BCUT2D eigenvalue weighted by Gasteiger charge is -2.24. The van der Waals surface area contributed by atoms with Gasteiger partial charge in [0.1, 0.15) is 5.75 Å². The summed E-state index contributed by atoms with van der Waals surface area (Å²) in [5, 5.41) is 3.39. The largest absolute Gasteiger partial charge is 0.497 e. The van der Waals surface area contributed by atoms with Crippen LogP contribution in [0.15, 0.2) is 42.7 Å². The number of rotatable bonds is 4. The Hall–Kier alpha value is -3.00. The molecular weight excluding hydrogens is 364 g/mol. The van der Waals surface area contributed by atoms with Crippen LogP contribution < -0.4 is 10.1 Å². The summed E-state index contributed by atoms with van der Waals surface area (Å²) in [5.74, 6) is -0.0254. The summed E-state index contributed by atoms with van der Waals surface area (Å²) in [6.45, 7) is 0. The molecule has 1 N–H and O–H groups in total. The first-order valence-corrected chi connectivity index (χ1v) is 9.29. The molecule has 1 aromatic carbocycles. The van der Waals surface area contributed by atoms with E-state index in [1.165, 1.54) is 11.3 Å². The van der Waals surface area contributed by atoms with E-state index in [0.717, 1.165) is 21.5 Å². The maximum atomic E-state index is 12.9. The molecule has 27 heavy (non-hydrogen) atoms. The standard InChI is InChI=1S/C19H18N4O3S/c1-23-16(24)9-13(17(23)11-4-3-7-20-10-11)18(25)22-19-21-14-6-5-12(26-2)8-15(14)27-19/h3-8,10,13,17H,9H2,1-2H3,(H,21,22,25). The van der Waals surface area contributed by atoms with E-state index < -0.39 is 5.92 Å². The number of hydrogen-bond donors (Lipinski definition) is 1. The molecule has 0 aliphatic carbocycles. The third-order valence-corrected chi connectivity index (χ3v) is 5.71. The third kappa shape index (κ3) is 3.23. The molecule has 1 fully saturated rings.